The normalized spacial score (nSPS) is 13.8. The van der Waals surface area contributed by atoms with Crippen molar-refractivity contribution < 1.29 is 80.2 Å². The Hall–Kier alpha value is -1.94. The first kappa shape index (κ1) is 103. The van der Waals surface area contributed by atoms with E-state index >= 15 is 0 Å². The van der Waals surface area contributed by atoms with Crippen LogP contribution in [0.3, 0.4) is 0 Å². The summed E-state index contributed by atoms with van der Waals surface area (Å²) in [6.45, 7) is 7.40. The lowest BCUT2D eigenvalue weighted by molar-refractivity contribution is -0.161. The van der Waals surface area contributed by atoms with Crippen LogP contribution in [0.2, 0.25) is 0 Å². The van der Waals surface area contributed by atoms with Gasteiger partial charge in [0.25, 0.3) is 0 Å². The van der Waals surface area contributed by atoms with E-state index in [-0.39, 0.29) is 25.7 Å². The van der Waals surface area contributed by atoms with Gasteiger partial charge in [0, 0.05) is 25.7 Å². The summed E-state index contributed by atoms with van der Waals surface area (Å²) in [7, 11) is -9.93. The molecule has 17 nitrogen and oxygen atoms in total. The maximum Gasteiger partial charge on any atom is 0.472 e. The number of hydrogen-bond donors (Lipinski definition) is 3. The maximum absolute atomic E-state index is 13.1. The van der Waals surface area contributed by atoms with Gasteiger partial charge in [0.1, 0.15) is 19.3 Å². The van der Waals surface area contributed by atoms with Crippen LogP contribution in [0.25, 0.3) is 0 Å². The second-order valence-electron chi connectivity index (χ2n) is 31.4. The van der Waals surface area contributed by atoms with Crippen LogP contribution in [0, 0.1) is 5.92 Å². The molecule has 0 fully saturated rings. The number of hydrogen-bond acceptors (Lipinski definition) is 15. The number of aliphatic hydroxyl groups excluding tert-OH is 1. The predicted molar refractivity (Wildman–Crippen MR) is 432 cm³/mol. The Morgan fingerprint density at radius 1 is 0.257 bits per heavy atom. The van der Waals surface area contributed by atoms with Crippen molar-refractivity contribution in [3.63, 3.8) is 0 Å². The summed E-state index contributed by atoms with van der Waals surface area (Å²) >= 11 is 0. The molecule has 105 heavy (non-hydrogen) atoms. The highest BCUT2D eigenvalue weighted by molar-refractivity contribution is 7.47. The fraction of sp³-hybridized carbons (Fsp3) is 0.953. The molecule has 0 spiro atoms. The van der Waals surface area contributed by atoms with Gasteiger partial charge in [-0.3, -0.25) is 37.3 Å². The van der Waals surface area contributed by atoms with E-state index in [9.17, 15) is 43.2 Å². The molecule has 3 N–H and O–H groups in total. The van der Waals surface area contributed by atoms with Crippen LogP contribution in [-0.2, 0) is 65.4 Å². The van der Waals surface area contributed by atoms with Crippen molar-refractivity contribution in [1.29, 1.82) is 0 Å². The highest BCUT2D eigenvalue weighted by Gasteiger charge is 2.30. The first-order valence-corrected chi connectivity index (χ1v) is 47.6. The number of unbranched alkanes of at least 4 members (excludes halogenated alkanes) is 58. The van der Waals surface area contributed by atoms with E-state index in [1.807, 2.05) is 0 Å². The third kappa shape index (κ3) is 79.9. The smallest absolute Gasteiger partial charge is 0.462 e. The van der Waals surface area contributed by atoms with Crippen LogP contribution in [-0.4, -0.2) is 96.7 Å². The van der Waals surface area contributed by atoms with Crippen LogP contribution < -0.4 is 0 Å². The zero-order valence-corrected chi connectivity index (χ0v) is 70.7. The Morgan fingerprint density at radius 2 is 0.438 bits per heavy atom. The Balaban J connectivity index is 5.22. The zero-order valence-electron chi connectivity index (χ0n) is 68.9. The monoisotopic (exact) mass is 1540 g/mol. The largest absolute Gasteiger partial charge is 0.472 e. The van der Waals surface area contributed by atoms with Gasteiger partial charge in [-0.15, -0.1) is 0 Å². The minimum absolute atomic E-state index is 0.109. The van der Waals surface area contributed by atoms with Crippen LogP contribution in [0.1, 0.15) is 465 Å². The van der Waals surface area contributed by atoms with Gasteiger partial charge in [-0.05, 0) is 31.6 Å². The van der Waals surface area contributed by atoms with Crippen molar-refractivity contribution in [3.05, 3.63) is 0 Å². The molecule has 0 aliphatic carbocycles. The number of esters is 4. The third-order valence-electron chi connectivity index (χ3n) is 20.3. The van der Waals surface area contributed by atoms with Crippen molar-refractivity contribution in [1.82, 2.24) is 0 Å². The van der Waals surface area contributed by atoms with Gasteiger partial charge < -0.3 is 33.8 Å². The lowest BCUT2D eigenvalue weighted by Crippen LogP contribution is -2.30. The summed E-state index contributed by atoms with van der Waals surface area (Å²) in [5.74, 6) is -1.28. The number of ether oxygens (including phenoxy) is 4. The summed E-state index contributed by atoms with van der Waals surface area (Å²) in [4.78, 5) is 73.2. The van der Waals surface area contributed by atoms with Gasteiger partial charge in [-0.2, -0.15) is 0 Å². The SMILES string of the molecule is CCCCCCCCCCCCCCCCCCCC(=O)OC[C@H](COP(=O)(O)OC[C@@H](O)COP(=O)(O)OC[C@@H](COC(=O)CCCCCCCCCCCC)OC(=O)CCCCCCCCCCCCCCCCCCC)OC(=O)CCCCCCCCCCCCCCCCCCCCC(C)C. The van der Waals surface area contributed by atoms with Crippen LogP contribution in [0.5, 0.6) is 0 Å². The fourth-order valence-corrected chi connectivity index (χ4v) is 15.1. The van der Waals surface area contributed by atoms with E-state index in [2.05, 4.69) is 34.6 Å². The van der Waals surface area contributed by atoms with Gasteiger partial charge in [0.2, 0.25) is 0 Å². The average Bonchev–Trinajstić information content (AvgIpc) is 0.967. The van der Waals surface area contributed by atoms with Crippen molar-refractivity contribution in [2.24, 2.45) is 5.92 Å². The number of phosphoric ester groups is 2. The van der Waals surface area contributed by atoms with E-state index in [4.69, 9.17) is 37.0 Å². The van der Waals surface area contributed by atoms with Gasteiger partial charge in [-0.25, -0.2) is 9.13 Å². The molecule has 0 heterocycles. The molecular formula is C86H168O17P2. The molecule has 0 amide bonds. The molecule has 0 bridgehead atoms. The van der Waals surface area contributed by atoms with E-state index in [0.29, 0.717) is 25.7 Å². The molecule has 0 rings (SSSR count). The first-order valence-electron chi connectivity index (χ1n) is 44.6. The molecule has 0 aliphatic rings. The minimum Gasteiger partial charge on any atom is -0.462 e. The summed E-state index contributed by atoms with van der Waals surface area (Å²) in [5, 5.41) is 10.7. The molecule has 0 saturated heterocycles. The van der Waals surface area contributed by atoms with Crippen molar-refractivity contribution in [3.8, 4) is 0 Å². The van der Waals surface area contributed by atoms with E-state index in [0.717, 1.165) is 95.8 Å². The Labute approximate surface area is 645 Å². The molecule has 0 radical (unpaired) electrons. The van der Waals surface area contributed by atoms with Crippen molar-refractivity contribution >= 4 is 39.5 Å². The molecule has 0 aromatic heterocycles. The number of aliphatic hydroxyl groups is 1. The van der Waals surface area contributed by atoms with Crippen molar-refractivity contribution in [2.45, 2.75) is 483 Å². The minimum atomic E-state index is -4.96. The molecule has 624 valence electrons. The maximum atomic E-state index is 13.1. The number of rotatable bonds is 86. The van der Waals surface area contributed by atoms with Gasteiger partial charge in [0.15, 0.2) is 12.2 Å². The summed E-state index contributed by atoms with van der Waals surface area (Å²) in [6.07, 6.45) is 72.2. The van der Waals surface area contributed by atoms with E-state index in [1.165, 1.54) is 289 Å². The molecular weight excluding hydrogens is 1370 g/mol. The molecule has 19 heteroatoms. The summed E-state index contributed by atoms with van der Waals surface area (Å²) < 4.78 is 68.9. The van der Waals surface area contributed by atoms with Crippen LogP contribution >= 0.6 is 15.6 Å². The lowest BCUT2D eigenvalue weighted by Gasteiger charge is -2.21. The van der Waals surface area contributed by atoms with Crippen molar-refractivity contribution in [2.75, 3.05) is 39.6 Å². The molecule has 0 aromatic rings. The Bertz CT molecular complexity index is 2000. The van der Waals surface area contributed by atoms with E-state index < -0.39 is 97.5 Å². The quantitative estimate of drug-likeness (QED) is 0.0222. The van der Waals surface area contributed by atoms with Gasteiger partial charge in [0.05, 0.1) is 26.4 Å². The molecule has 0 aromatic carbocycles. The highest BCUT2D eigenvalue weighted by Crippen LogP contribution is 2.45. The number of phosphoric acid groups is 2. The zero-order chi connectivity index (χ0) is 76.9. The summed E-state index contributed by atoms with van der Waals surface area (Å²) in [5.41, 5.74) is 0. The van der Waals surface area contributed by atoms with Crippen LogP contribution in [0.15, 0.2) is 0 Å². The summed E-state index contributed by atoms with van der Waals surface area (Å²) in [6, 6.07) is 0. The Kier molecular flexibility index (Phi) is 77.3. The first-order chi connectivity index (χ1) is 51.0. The van der Waals surface area contributed by atoms with Crippen LogP contribution in [0.4, 0.5) is 0 Å². The number of carbonyl (C=O) groups excluding carboxylic acids is 4. The molecule has 2 unspecified atom stereocenters. The topological polar surface area (TPSA) is 237 Å². The predicted octanol–water partition coefficient (Wildman–Crippen LogP) is 26.4. The third-order valence-corrected chi connectivity index (χ3v) is 22.2. The number of carbonyl (C=O) groups is 4. The molecule has 0 aliphatic heterocycles. The highest BCUT2D eigenvalue weighted by atomic mass is 31.2. The molecule has 5 atom stereocenters. The standard InChI is InChI=1S/C86H168O17P2/c1-6-9-12-15-18-21-24-26-28-32-37-41-45-50-55-60-65-70-84(89)97-76-82(103-86(91)72-67-62-57-52-47-43-39-35-31-30-34-36-40-44-48-53-58-63-68-79(4)5)78-101-105(94,95)99-74-80(87)73-98-104(92,93)100-77-81(75-96-83(88)69-64-59-54-49-23-20-17-14-11-8-3)102-85(90)71-66-61-56-51-46-42-38-33-29-27-25-22-19-16-13-10-7-2/h79-82,87H,6-78H2,1-5H3,(H,92,93)(H,94,95)/t80-,81+,82+/m0/s1. The molecule has 0 saturated carbocycles. The second kappa shape index (κ2) is 78.7. The fourth-order valence-electron chi connectivity index (χ4n) is 13.5. The average molecular weight is 1540 g/mol. The Morgan fingerprint density at radius 3 is 0.648 bits per heavy atom. The van der Waals surface area contributed by atoms with E-state index in [1.54, 1.807) is 0 Å². The lowest BCUT2D eigenvalue weighted by atomic mass is 10.0. The van der Waals surface area contributed by atoms with Gasteiger partial charge >= 0.3 is 39.5 Å². The van der Waals surface area contributed by atoms with Gasteiger partial charge in [-0.1, -0.05) is 413 Å². The second-order valence-corrected chi connectivity index (χ2v) is 34.3.